The molecule has 0 unspecified atom stereocenters. The van der Waals surface area contributed by atoms with Gasteiger partial charge in [0.25, 0.3) is 11.8 Å². The SMILES string of the molecule is CC(C)(C)OC(=O)CN(CCN1C(=O)c2ccccc2C1=O)C[SH](=O)=O. The van der Waals surface area contributed by atoms with Crippen molar-refractivity contribution < 1.29 is 27.5 Å². The molecule has 2 rings (SSSR count). The van der Waals surface area contributed by atoms with Crippen LogP contribution in [0.25, 0.3) is 0 Å². The monoisotopic (exact) mass is 382 g/mol. The molecule has 0 radical (unpaired) electrons. The van der Waals surface area contributed by atoms with Crippen molar-refractivity contribution in [1.82, 2.24) is 9.80 Å². The molecule has 0 bridgehead atoms. The third kappa shape index (κ3) is 5.12. The van der Waals surface area contributed by atoms with Gasteiger partial charge in [0.15, 0.2) is 10.7 Å². The standard InChI is InChI=1S/C17H22N2O6S/c1-17(2,3)25-14(20)10-18(11-26(23)24)8-9-19-15(21)12-6-4-5-7-13(12)16(19)22/h4-7,26H,8-11H2,1-3H3. The molecule has 26 heavy (non-hydrogen) atoms. The van der Waals surface area contributed by atoms with Gasteiger partial charge in [-0.25, -0.2) is 8.42 Å². The highest BCUT2D eigenvalue weighted by Crippen LogP contribution is 2.22. The van der Waals surface area contributed by atoms with E-state index in [0.717, 1.165) is 4.90 Å². The predicted octanol–water partition coefficient (Wildman–Crippen LogP) is 0.495. The summed E-state index contributed by atoms with van der Waals surface area (Å²) in [6.45, 7) is 4.92. The van der Waals surface area contributed by atoms with Gasteiger partial charge in [-0.2, -0.15) is 0 Å². The molecule has 1 heterocycles. The Hall–Kier alpha value is -2.26. The van der Waals surface area contributed by atoms with Gasteiger partial charge in [-0.1, -0.05) is 12.1 Å². The number of benzene rings is 1. The Kier molecular flexibility index (Phi) is 6.14. The maximum atomic E-state index is 12.3. The van der Waals surface area contributed by atoms with Gasteiger partial charge < -0.3 is 4.74 Å². The summed E-state index contributed by atoms with van der Waals surface area (Å²) in [4.78, 5) is 39.0. The highest BCUT2D eigenvalue weighted by atomic mass is 32.2. The zero-order valence-electron chi connectivity index (χ0n) is 14.9. The normalized spacial score (nSPS) is 14.3. The Labute approximate surface area is 153 Å². The van der Waals surface area contributed by atoms with Crippen molar-refractivity contribution in [3.8, 4) is 0 Å². The number of fused-ring (bicyclic) bond motifs is 1. The molecule has 0 saturated carbocycles. The number of carbonyl (C=O) groups is 3. The number of hydrogen-bond donors (Lipinski definition) is 1. The first-order valence-corrected chi connectivity index (χ1v) is 9.46. The fourth-order valence-corrected chi connectivity index (χ4v) is 3.17. The fourth-order valence-electron chi connectivity index (χ4n) is 2.60. The summed E-state index contributed by atoms with van der Waals surface area (Å²) in [7, 11) is -2.77. The van der Waals surface area contributed by atoms with Crippen molar-refractivity contribution in [2.24, 2.45) is 0 Å². The Bertz CT molecular complexity index is 754. The first-order chi connectivity index (χ1) is 12.1. The molecule has 1 aliphatic rings. The summed E-state index contributed by atoms with van der Waals surface area (Å²) in [6.07, 6.45) is 0. The number of rotatable bonds is 7. The van der Waals surface area contributed by atoms with E-state index >= 15 is 0 Å². The number of amides is 2. The molecular formula is C17H22N2O6S. The lowest BCUT2D eigenvalue weighted by Crippen LogP contribution is -2.42. The Morgan fingerprint density at radius 3 is 2.12 bits per heavy atom. The molecule has 0 saturated heterocycles. The minimum absolute atomic E-state index is 0.0156. The van der Waals surface area contributed by atoms with Gasteiger partial charge in [-0.15, -0.1) is 0 Å². The predicted molar refractivity (Wildman–Crippen MR) is 94.4 cm³/mol. The Balaban J connectivity index is 2.02. The number of ether oxygens (including phenoxy) is 1. The van der Waals surface area contributed by atoms with Gasteiger partial charge in [0.05, 0.1) is 23.5 Å². The third-order valence-corrected chi connectivity index (χ3v) is 4.24. The number of imide groups is 1. The summed E-state index contributed by atoms with van der Waals surface area (Å²) in [5.41, 5.74) is -0.0394. The smallest absolute Gasteiger partial charge is 0.320 e. The number of esters is 1. The second-order valence-electron chi connectivity index (χ2n) is 6.92. The van der Waals surface area contributed by atoms with Crippen LogP contribution in [0.1, 0.15) is 41.5 Å². The van der Waals surface area contributed by atoms with E-state index < -0.39 is 34.1 Å². The van der Waals surface area contributed by atoms with Crippen molar-refractivity contribution >= 4 is 28.5 Å². The molecule has 0 N–H and O–H groups in total. The molecule has 1 aliphatic heterocycles. The molecule has 9 heteroatoms. The van der Waals surface area contributed by atoms with E-state index in [1.165, 1.54) is 4.90 Å². The van der Waals surface area contributed by atoms with Crippen molar-refractivity contribution in [3.05, 3.63) is 35.4 Å². The van der Waals surface area contributed by atoms with Crippen LogP contribution >= 0.6 is 0 Å². The van der Waals surface area contributed by atoms with Gasteiger partial charge in [0, 0.05) is 13.1 Å². The fraction of sp³-hybridized carbons (Fsp3) is 0.471. The highest BCUT2D eigenvalue weighted by Gasteiger charge is 2.35. The van der Waals surface area contributed by atoms with E-state index in [-0.39, 0.29) is 25.5 Å². The van der Waals surface area contributed by atoms with E-state index in [0.29, 0.717) is 11.1 Å². The van der Waals surface area contributed by atoms with E-state index in [2.05, 4.69) is 0 Å². The second kappa shape index (κ2) is 7.96. The summed E-state index contributed by atoms with van der Waals surface area (Å²) < 4.78 is 27.3. The van der Waals surface area contributed by atoms with Gasteiger partial charge in [0.2, 0.25) is 0 Å². The summed E-state index contributed by atoms with van der Waals surface area (Å²) >= 11 is 0. The van der Waals surface area contributed by atoms with Crippen LogP contribution < -0.4 is 0 Å². The zero-order chi connectivity index (χ0) is 19.5. The summed E-state index contributed by atoms with van der Waals surface area (Å²) in [5.74, 6) is -1.78. The van der Waals surface area contributed by atoms with Crippen LogP contribution in [0.4, 0.5) is 0 Å². The van der Waals surface area contributed by atoms with E-state index in [1.54, 1.807) is 45.0 Å². The van der Waals surface area contributed by atoms with Crippen molar-refractivity contribution in [3.63, 3.8) is 0 Å². The van der Waals surface area contributed by atoms with E-state index in [9.17, 15) is 22.8 Å². The Morgan fingerprint density at radius 1 is 1.12 bits per heavy atom. The van der Waals surface area contributed by atoms with Crippen LogP contribution in [0.15, 0.2) is 24.3 Å². The van der Waals surface area contributed by atoms with Gasteiger partial charge in [-0.3, -0.25) is 24.2 Å². The molecule has 0 spiro atoms. The number of thiol groups is 1. The first kappa shape index (κ1) is 20.1. The average Bonchev–Trinajstić information content (AvgIpc) is 2.75. The van der Waals surface area contributed by atoms with Crippen LogP contribution in [0.3, 0.4) is 0 Å². The first-order valence-electron chi connectivity index (χ1n) is 8.10. The number of nitrogens with zero attached hydrogens (tertiary/aromatic N) is 2. The summed E-state index contributed by atoms with van der Waals surface area (Å²) in [5, 5.41) is 0. The van der Waals surface area contributed by atoms with Crippen LogP contribution in [0.5, 0.6) is 0 Å². The second-order valence-corrected chi connectivity index (χ2v) is 7.87. The van der Waals surface area contributed by atoms with Crippen LogP contribution in [0, 0.1) is 0 Å². The van der Waals surface area contributed by atoms with Crippen LogP contribution in [-0.4, -0.2) is 67.1 Å². The molecule has 1 aromatic carbocycles. The number of carbonyl (C=O) groups excluding carboxylic acids is 3. The zero-order valence-corrected chi connectivity index (χ0v) is 15.8. The van der Waals surface area contributed by atoms with Crippen molar-refractivity contribution in [2.45, 2.75) is 26.4 Å². The minimum atomic E-state index is -2.77. The van der Waals surface area contributed by atoms with E-state index in [1.807, 2.05) is 0 Å². The lowest BCUT2D eigenvalue weighted by molar-refractivity contribution is -0.155. The molecule has 0 fully saturated rings. The largest absolute Gasteiger partial charge is 0.459 e. The molecule has 0 atom stereocenters. The molecule has 0 aromatic heterocycles. The van der Waals surface area contributed by atoms with Crippen LogP contribution in [-0.2, 0) is 20.2 Å². The van der Waals surface area contributed by atoms with Crippen molar-refractivity contribution in [1.29, 1.82) is 0 Å². The topological polar surface area (TPSA) is 101 Å². The van der Waals surface area contributed by atoms with E-state index in [4.69, 9.17) is 4.74 Å². The van der Waals surface area contributed by atoms with Gasteiger partial charge in [0.1, 0.15) is 5.60 Å². The van der Waals surface area contributed by atoms with Gasteiger partial charge >= 0.3 is 5.97 Å². The molecule has 142 valence electrons. The summed E-state index contributed by atoms with van der Waals surface area (Å²) in [6, 6.07) is 6.49. The highest BCUT2D eigenvalue weighted by molar-refractivity contribution is 7.72. The number of hydrogen-bond acceptors (Lipinski definition) is 7. The van der Waals surface area contributed by atoms with Crippen molar-refractivity contribution in [2.75, 3.05) is 25.5 Å². The van der Waals surface area contributed by atoms with Gasteiger partial charge in [-0.05, 0) is 32.9 Å². The molecular weight excluding hydrogens is 360 g/mol. The lowest BCUT2D eigenvalue weighted by atomic mass is 10.1. The Morgan fingerprint density at radius 2 is 1.65 bits per heavy atom. The quantitative estimate of drug-likeness (QED) is 0.416. The minimum Gasteiger partial charge on any atom is -0.459 e. The maximum absolute atomic E-state index is 12.3. The average molecular weight is 382 g/mol. The molecule has 0 aliphatic carbocycles. The molecule has 1 aromatic rings. The lowest BCUT2D eigenvalue weighted by Gasteiger charge is -2.24. The van der Waals surface area contributed by atoms with Crippen LogP contribution in [0.2, 0.25) is 0 Å². The molecule has 2 amide bonds. The molecule has 8 nitrogen and oxygen atoms in total. The maximum Gasteiger partial charge on any atom is 0.320 e. The third-order valence-electron chi connectivity index (χ3n) is 3.61.